The van der Waals surface area contributed by atoms with Crippen LogP contribution in [0.25, 0.3) is 0 Å². The highest BCUT2D eigenvalue weighted by atomic mass is 16.4. The second-order valence-corrected chi connectivity index (χ2v) is 5.75. The topological polar surface area (TPSA) is 91.8 Å². The van der Waals surface area contributed by atoms with E-state index in [0.717, 1.165) is 11.1 Å². The van der Waals surface area contributed by atoms with Gasteiger partial charge in [0, 0.05) is 5.56 Å². The number of aromatic nitrogens is 2. The standard InChI is InChI=1S/C19H16N4O2/c1-12-3-6-16(13(2)9-12)10-17-22-23-19(25-17)21-18(24)15-7-4-14(11-20)5-8-15/h3-9H,10H2,1-2H3,(H,21,23,24). The van der Waals surface area contributed by atoms with Crippen LogP contribution >= 0.6 is 0 Å². The third-order valence-electron chi connectivity index (χ3n) is 3.80. The van der Waals surface area contributed by atoms with Gasteiger partial charge < -0.3 is 4.42 Å². The molecule has 0 bridgehead atoms. The summed E-state index contributed by atoms with van der Waals surface area (Å²) in [6.07, 6.45) is 0.506. The van der Waals surface area contributed by atoms with Crippen LogP contribution in [0.3, 0.4) is 0 Å². The van der Waals surface area contributed by atoms with Crippen molar-refractivity contribution >= 4 is 11.9 Å². The van der Waals surface area contributed by atoms with E-state index in [9.17, 15) is 4.79 Å². The van der Waals surface area contributed by atoms with E-state index in [1.54, 1.807) is 24.3 Å². The molecule has 3 aromatic rings. The third kappa shape index (κ3) is 3.90. The summed E-state index contributed by atoms with van der Waals surface area (Å²) in [5.74, 6) is 0.0632. The van der Waals surface area contributed by atoms with Gasteiger partial charge in [0.25, 0.3) is 5.91 Å². The molecule has 0 saturated carbocycles. The van der Waals surface area contributed by atoms with E-state index in [2.05, 4.69) is 21.6 Å². The Bertz CT molecular complexity index is 952. The number of nitrogens with zero attached hydrogens (tertiary/aromatic N) is 3. The molecule has 0 aliphatic rings. The number of hydrogen-bond acceptors (Lipinski definition) is 5. The minimum atomic E-state index is -0.369. The van der Waals surface area contributed by atoms with Crippen molar-refractivity contribution in [2.24, 2.45) is 0 Å². The Morgan fingerprint density at radius 2 is 1.92 bits per heavy atom. The molecule has 2 aromatic carbocycles. The van der Waals surface area contributed by atoms with Gasteiger partial charge in [-0.2, -0.15) is 5.26 Å². The summed E-state index contributed by atoms with van der Waals surface area (Å²) in [6, 6.07) is 14.5. The predicted octanol–water partition coefficient (Wildman–Crippen LogP) is 3.40. The smallest absolute Gasteiger partial charge is 0.322 e. The molecule has 0 saturated heterocycles. The summed E-state index contributed by atoms with van der Waals surface area (Å²) in [4.78, 5) is 12.2. The van der Waals surface area contributed by atoms with E-state index < -0.39 is 0 Å². The van der Waals surface area contributed by atoms with Gasteiger partial charge in [0.1, 0.15) is 0 Å². The first kappa shape index (κ1) is 16.4. The largest absolute Gasteiger partial charge is 0.407 e. The monoisotopic (exact) mass is 332 g/mol. The molecule has 25 heavy (non-hydrogen) atoms. The Labute approximate surface area is 145 Å². The molecular weight excluding hydrogens is 316 g/mol. The lowest BCUT2D eigenvalue weighted by Gasteiger charge is -2.04. The van der Waals surface area contributed by atoms with Crippen molar-refractivity contribution in [3.63, 3.8) is 0 Å². The second-order valence-electron chi connectivity index (χ2n) is 5.75. The zero-order valence-electron chi connectivity index (χ0n) is 13.9. The molecule has 1 heterocycles. The number of nitriles is 1. The molecule has 0 fully saturated rings. The molecule has 0 aliphatic heterocycles. The molecule has 0 radical (unpaired) electrons. The fraction of sp³-hybridized carbons (Fsp3) is 0.158. The summed E-state index contributed by atoms with van der Waals surface area (Å²) in [6.45, 7) is 4.08. The van der Waals surface area contributed by atoms with E-state index in [4.69, 9.17) is 9.68 Å². The number of hydrogen-bond donors (Lipinski definition) is 1. The molecule has 1 aromatic heterocycles. The van der Waals surface area contributed by atoms with E-state index in [-0.39, 0.29) is 11.9 Å². The first-order valence-corrected chi connectivity index (χ1v) is 7.75. The van der Waals surface area contributed by atoms with Gasteiger partial charge in [-0.3, -0.25) is 10.1 Å². The second kappa shape index (κ2) is 6.97. The molecule has 1 amide bonds. The number of carbonyl (C=O) groups excluding carboxylic acids is 1. The SMILES string of the molecule is Cc1ccc(Cc2nnc(NC(=O)c3ccc(C#N)cc3)o2)c(C)c1. The van der Waals surface area contributed by atoms with Crippen LogP contribution in [-0.2, 0) is 6.42 Å². The lowest BCUT2D eigenvalue weighted by Crippen LogP contribution is -2.12. The van der Waals surface area contributed by atoms with Gasteiger partial charge >= 0.3 is 6.01 Å². The minimum absolute atomic E-state index is 0.0501. The number of carbonyl (C=O) groups is 1. The summed E-state index contributed by atoms with van der Waals surface area (Å²) in [7, 11) is 0. The fourth-order valence-electron chi connectivity index (χ4n) is 2.45. The Hall–Kier alpha value is -3.46. The predicted molar refractivity (Wildman–Crippen MR) is 92.1 cm³/mol. The number of anilines is 1. The van der Waals surface area contributed by atoms with Gasteiger partial charge in [0.05, 0.1) is 18.1 Å². The van der Waals surface area contributed by atoms with Crippen LogP contribution in [0.1, 0.15) is 38.5 Å². The maximum Gasteiger partial charge on any atom is 0.322 e. The average Bonchev–Trinajstić information content (AvgIpc) is 3.04. The zero-order valence-corrected chi connectivity index (χ0v) is 13.9. The van der Waals surface area contributed by atoms with Crippen molar-refractivity contribution in [3.8, 4) is 6.07 Å². The van der Waals surface area contributed by atoms with Crippen molar-refractivity contribution in [1.82, 2.24) is 10.2 Å². The normalized spacial score (nSPS) is 10.3. The van der Waals surface area contributed by atoms with Crippen molar-refractivity contribution in [3.05, 3.63) is 76.2 Å². The van der Waals surface area contributed by atoms with E-state index in [1.165, 1.54) is 5.56 Å². The van der Waals surface area contributed by atoms with Crippen LogP contribution in [-0.4, -0.2) is 16.1 Å². The van der Waals surface area contributed by atoms with Crippen LogP contribution in [0.15, 0.2) is 46.9 Å². The van der Waals surface area contributed by atoms with Crippen LogP contribution < -0.4 is 5.32 Å². The Morgan fingerprint density at radius 3 is 2.60 bits per heavy atom. The Kier molecular flexibility index (Phi) is 4.57. The molecule has 3 rings (SSSR count). The average molecular weight is 332 g/mol. The number of amides is 1. The van der Waals surface area contributed by atoms with Crippen LogP contribution in [0.4, 0.5) is 6.01 Å². The van der Waals surface area contributed by atoms with Gasteiger partial charge in [0.15, 0.2) is 0 Å². The van der Waals surface area contributed by atoms with Crippen LogP contribution in [0.2, 0.25) is 0 Å². The number of benzene rings is 2. The maximum atomic E-state index is 12.2. The van der Waals surface area contributed by atoms with E-state index >= 15 is 0 Å². The Balaban J connectivity index is 1.68. The summed E-state index contributed by atoms with van der Waals surface area (Å²) in [5, 5.41) is 19.2. The molecule has 1 N–H and O–H groups in total. The lowest BCUT2D eigenvalue weighted by atomic mass is 10.0. The third-order valence-corrected chi connectivity index (χ3v) is 3.80. The molecule has 124 valence electrons. The van der Waals surface area contributed by atoms with E-state index in [0.29, 0.717) is 23.4 Å². The quantitative estimate of drug-likeness (QED) is 0.790. The van der Waals surface area contributed by atoms with Crippen LogP contribution in [0, 0.1) is 25.2 Å². The van der Waals surface area contributed by atoms with Gasteiger partial charge in [0.2, 0.25) is 5.89 Å². The summed E-state index contributed by atoms with van der Waals surface area (Å²) >= 11 is 0. The van der Waals surface area contributed by atoms with Gasteiger partial charge in [-0.05, 0) is 49.2 Å². The molecule has 6 heteroatoms. The van der Waals surface area contributed by atoms with Gasteiger partial charge in [-0.1, -0.05) is 28.9 Å². The molecular formula is C19H16N4O2. The van der Waals surface area contributed by atoms with Crippen molar-refractivity contribution in [1.29, 1.82) is 5.26 Å². The molecule has 6 nitrogen and oxygen atoms in total. The highest BCUT2D eigenvalue weighted by Crippen LogP contribution is 2.16. The Morgan fingerprint density at radius 1 is 1.16 bits per heavy atom. The van der Waals surface area contributed by atoms with Gasteiger partial charge in [-0.15, -0.1) is 5.10 Å². The lowest BCUT2D eigenvalue weighted by molar-refractivity contribution is 0.102. The molecule has 0 unspecified atom stereocenters. The summed E-state index contributed by atoms with van der Waals surface area (Å²) in [5.41, 5.74) is 4.35. The molecule has 0 aliphatic carbocycles. The molecule has 0 atom stereocenters. The first-order valence-electron chi connectivity index (χ1n) is 7.75. The summed E-state index contributed by atoms with van der Waals surface area (Å²) < 4.78 is 5.50. The van der Waals surface area contributed by atoms with Gasteiger partial charge in [-0.25, -0.2) is 0 Å². The zero-order chi connectivity index (χ0) is 17.8. The van der Waals surface area contributed by atoms with E-state index in [1.807, 2.05) is 32.0 Å². The number of nitrogens with one attached hydrogen (secondary N) is 1. The van der Waals surface area contributed by atoms with Crippen molar-refractivity contribution in [2.45, 2.75) is 20.3 Å². The maximum absolute atomic E-state index is 12.2. The molecule has 0 spiro atoms. The minimum Gasteiger partial charge on any atom is -0.407 e. The first-order chi connectivity index (χ1) is 12.0. The van der Waals surface area contributed by atoms with Crippen molar-refractivity contribution in [2.75, 3.05) is 5.32 Å². The van der Waals surface area contributed by atoms with Crippen LogP contribution in [0.5, 0.6) is 0 Å². The highest BCUT2D eigenvalue weighted by Gasteiger charge is 2.12. The van der Waals surface area contributed by atoms with Crippen molar-refractivity contribution < 1.29 is 9.21 Å². The highest BCUT2D eigenvalue weighted by molar-refractivity contribution is 6.03. The number of aryl methyl sites for hydroxylation is 2. The fourth-order valence-corrected chi connectivity index (χ4v) is 2.45. The number of rotatable bonds is 4.